The molecule has 4 aromatic rings. The van der Waals surface area contributed by atoms with E-state index in [9.17, 15) is 22.4 Å². The third-order valence-corrected chi connectivity index (χ3v) is 8.66. The summed E-state index contributed by atoms with van der Waals surface area (Å²) >= 11 is 0. The van der Waals surface area contributed by atoms with Crippen LogP contribution in [0.25, 0.3) is 0 Å². The summed E-state index contributed by atoms with van der Waals surface area (Å²) < 4.78 is 42.6. The molecule has 43 heavy (non-hydrogen) atoms. The van der Waals surface area contributed by atoms with Crippen molar-refractivity contribution >= 4 is 27.5 Å². The Morgan fingerprint density at radius 3 is 1.91 bits per heavy atom. The lowest BCUT2D eigenvalue weighted by molar-refractivity contribution is -0.140. The highest BCUT2D eigenvalue weighted by Crippen LogP contribution is 2.25. The predicted molar refractivity (Wildman–Crippen MR) is 166 cm³/mol. The van der Waals surface area contributed by atoms with Gasteiger partial charge in [0.1, 0.15) is 18.4 Å². The Morgan fingerprint density at radius 1 is 0.767 bits per heavy atom. The van der Waals surface area contributed by atoms with Crippen molar-refractivity contribution in [1.82, 2.24) is 10.2 Å². The molecule has 1 atom stereocenters. The van der Waals surface area contributed by atoms with E-state index >= 15 is 0 Å². The predicted octanol–water partition coefficient (Wildman–Crippen LogP) is 5.43. The molecule has 4 aromatic carbocycles. The first-order valence-electron chi connectivity index (χ1n) is 14.1. The van der Waals surface area contributed by atoms with E-state index in [1.54, 1.807) is 60.7 Å². The molecule has 0 aliphatic rings. The van der Waals surface area contributed by atoms with E-state index in [1.165, 1.54) is 29.2 Å². The molecule has 0 aromatic heterocycles. The first-order valence-corrected chi connectivity index (χ1v) is 15.6. The van der Waals surface area contributed by atoms with Gasteiger partial charge in [0.25, 0.3) is 10.0 Å². The zero-order valence-electron chi connectivity index (χ0n) is 24.3. The van der Waals surface area contributed by atoms with Gasteiger partial charge in [-0.3, -0.25) is 13.9 Å². The molecule has 0 heterocycles. The van der Waals surface area contributed by atoms with Gasteiger partial charge in [-0.05, 0) is 53.4 Å². The summed E-state index contributed by atoms with van der Waals surface area (Å²) in [5.74, 6) is -1.19. The Hall–Kier alpha value is -4.50. The number of rotatable bonds is 13. The number of hydrogen-bond acceptors (Lipinski definition) is 4. The van der Waals surface area contributed by atoms with Crippen LogP contribution >= 0.6 is 0 Å². The number of halogens is 1. The van der Waals surface area contributed by atoms with Crippen LogP contribution in [0.5, 0.6) is 0 Å². The van der Waals surface area contributed by atoms with Gasteiger partial charge < -0.3 is 10.2 Å². The number of hydrogen-bond donors (Lipinski definition) is 1. The second kappa shape index (κ2) is 14.6. The number of benzene rings is 4. The van der Waals surface area contributed by atoms with E-state index in [2.05, 4.69) is 5.32 Å². The molecule has 4 rings (SSSR count). The van der Waals surface area contributed by atoms with Gasteiger partial charge in [-0.25, -0.2) is 12.8 Å². The molecule has 224 valence electrons. The molecule has 0 unspecified atom stereocenters. The highest BCUT2D eigenvalue weighted by atomic mass is 32.2. The lowest BCUT2D eigenvalue weighted by atomic mass is 10.0. The molecule has 0 saturated carbocycles. The summed E-state index contributed by atoms with van der Waals surface area (Å²) in [7, 11) is -4.15. The number of para-hydroxylation sites is 1. The molecular weight excluding hydrogens is 565 g/mol. The zero-order chi connectivity index (χ0) is 30.8. The molecular formula is C34H36FN3O4S. The molecule has 0 spiro atoms. The van der Waals surface area contributed by atoms with Crippen LogP contribution in [0.2, 0.25) is 0 Å². The third kappa shape index (κ3) is 8.51. The van der Waals surface area contributed by atoms with Crippen LogP contribution in [-0.4, -0.2) is 44.3 Å². The Morgan fingerprint density at radius 2 is 1.33 bits per heavy atom. The van der Waals surface area contributed by atoms with Crippen molar-refractivity contribution in [3.05, 3.63) is 132 Å². The highest BCUT2D eigenvalue weighted by molar-refractivity contribution is 7.92. The fourth-order valence-electron chi connectivity index (χ4n) is 4.61. The van der Waals surface area contributed by atoms with Crippen LogP contribution in [0.4, 0.5) is 10.1 Å². The molecule has 9 heteroatoms. The van der Waals surface area contributed by atoms with E-state index in [4.69, 9.17) is 0 Å². The van der Waals surface area contributed by atoms with Crippen LogP contribution in [0.15, 0.2) is 120 Å². The average Bonchev–Trinajstić information content (AvgIpc) is 3.02. The van der Waals surface area contributed by atoms with E-state index in [0.717, 1.165) is 9.87 Å². The van der Waals surface area contributed by atoms with Gasteiger partial charge in [-0.15, -0.1) is 0 Å². The molecule has 2 amide bonds. The molecule has 0 radical (unpaired) electrons. The van der Waals surface area contributed by atoms with E-state index in [-0.39, 0.29) is 29.7 Å². The minimum absolute atomic E-state index is 0.0280. The second-order valence-corrected chi connectivity index (χ2v) is 12.5. The molecule has 1 N–H and O–H groups in total. The second-order valence-electron chi connectivity index (χ2n) is 10.7. The van der Waals surface area contributed by atoms with Crippen LogP contribution < -0.4 is 9.62 Å². The Kier molecular flexibility index (Phi) is 10.7. The number of sulfonamides is 1. The number of nitrogens with one attached hydrogen (secondary N) is 1. The fourth-order valence-corrected chi connectivity index (χ4v) is 6.04. The van der Waals surface area contributed by atoms with Crippen LogP contribution in [0.1, 0.15) is 25.0 Å². The van der Waals surface area contributed by atoms with Crippen molar-refractivity contribution in [2.24, 2.45) is 5.92 Å². The maximum Gasteiger partial charge on any atom is 0.264 e. The molecule has 0 saturated heterocycles. The normalized spacial score (nSPS) is 12.0. The number of carbonyl (C=O) groups is 2. The molecule has 0 fully saturated rings. The highest BCUT2D eigenvalue weighted by Gasteiger charge is 2.34. The third-order valence-electron chi connectivity index (χ3n) is 6.88. The van der Waals surface area contributed by atoms with Crippen molar-refractivity contribution in [2.45, 2.75) is 37.8 Å². The first-order chi connectivity index (χ1) is 20.6. The summed E-state index contributed by atoms with van der Waals surface area (Å²) in [5.41, 5.74) is 1.74. The van der Waals surface area contributed by atoms with Gasteiger partial charge in [0.05, 0.1) is 10.6 Å². The van der Waals surface area contributed by atoms with Crippen molar-refractivity contribution in [3.63, 3.8) is 0 Å². The largest absolute Gasteiger partial charge is 0.354 e. The molecule has 0 aliphatic carbocycles. The number of amides is 2. The summed E-state index contributed by atoms with van der Waals surface area (Å²) in [6.45, 7) is 3.77. The summed E-state index contributed by atoms with van der Waals surface area (Å²) in [5, 5.41) is 2.95. The number of carbonyl (C=O) groups excluding carboxylic acids is 2. The lowest BCUT2D eigenvalue weighted by Gasteiger charge is -2.34. The fraction of sp³-hybridized carbons (Fsp3) is 0.235. The number of nitrogens with zero attached hydrogens (tertiary/aromatic N) is 2. The molecule has 0 bridgehead atoms. The maximum atomic E-state index is 14.3. The van der Waals surface area contributed by atoms with Gasteiger partial charge in [-0.1, -0.05) is 92.7 Å². The van der Waals surface area contributed by atoms with E-state index in [1.807, 2.05) is 44.2 Å². The van der Waals surface area contributed by atoms with Gasteiger partial charge in [-0.2, -0.15) is 0 Å². The van der Waals surface area contributed by atoms with Gasteiger partial charge in [0.2, 0.25) is 11.8 Å². The van der Waals surface area contributed by atoms with Crippen LogP contribution in [-0.2, 0) is 32.6 Å². The van der Waals surface area contributed by atoms with Crippen molar-refractivity contribution < 1.29 is 22.4 Å². The minimum Gasteiger partial charge on any atom is -0.354 e. The van der Waals surface area contributed by atoms with E-state index in [0.29, 0.717) is 17.8 Å². The SMILES string of the molecule is CC(C)CNC(=O)[C@H](Cc1ccccc1)N(Cc1ccc(F)cc1)C(=O)CN(c1ccccc1)S(=O)(=O)c1ccccc1. The minimum atomic E-state index is -4.15. The van der Waals surface area contributed by atoms with Crippen LogP contribution in [0.3, 0.4) is 0 Å². The molecule has 0 aliphatic heterocycles. The van der Waals surface area contributed by atoms with E-state index < -0.39 is 34.3 Å². The number of anilines is 1. The van der Waals surface area contributed by atoms with Crippen molar-refractivity contribution in [3.8, 4) is 0 Å². The Balaban J connectivity index is 1.77. The van der Waals surface area contributed by atoms with Gasteiger partial charge in [0.15, 0.2) is 0 Å². The van der Waals surface area contributed by atoms with Gasteiger partial charge in [0, 0.05) is 19.5 Å². The van der Waals surface area contributed by atoms with Crippen LogP contribution in [0, 0.1) is 11.7 Å². The quantitative estimate of drug-likeness (QED) is 0.221. The Bertz CT molecular complexity index is 1580. The summed E-state index contributed by atoms with van der Waals surface area (Å²) in [6, 6.07) is 30.3. The lowest BCUT2D eigenvalue weighted by Crippen LogP contribution is -2.53. The van der Waals surface area contributed by atoms with Crippen molar-refractivity contribution in [1.29, 1.82) is 0 Å². The van der Waals surface area contributed by atoms with Gasteiger partial charge >= 0.3 is 0 Å². The average molecular weight is 602 g/mol. The Labute approximate surface area is 253 Å². The van der Waals surface area contributed by atoms with Crippen molar-refractivity contribution in [2.75, 3.05) is 17.4 Å². The standard InChI is InChI=1S/C34H36FN3O4S/c1-26(2)23-36-34(40)32(22-27-12-6-3-7-13-27)37(24-28-18-20-29(35)21-19-28)33(39)25-38(30-14-8-4-9-15-30)43(41,42)31-16-10-5-11-17-31/h3-21,26,32H,22-25H2,1-2H3,(H,36,40)/t32-/m0/s1. The zero-order valence-corrected chi connectivity index (χ0v) is 25.1. The summed E-state index contributed by atoms with van der Waals surface area (Å²) in [6.07, 6.45) is 0.203. The monoisotopic (exact) mass is 601 g/mol. The topological polar surface area (TPSA) is 86.8 Å². The smallest absolute Gasteiger partial charge is 0.264 e. The first kappa shape index (κ1) is 31.4. The maximum absolute atomic E-state index is 14.3. The summed E-state index contributed by atoms with van der Waals surface area (Å²) in [4.78, 5) is 29.5. The molecule has 7 nitrogen and oxygen atoms in total.